The Bertz CT molecular complexity index is 265. The van der Waals surface area contributed by atoms with E-state index in [1.807, 2.05) is 11.8 Å². The van der Waals surface area contributed by atoms with E-state index in [2.05, 4.69) is 37.2 Å². The van der Waals surface area contributed by atoms with E-state index in [1.54, 1.807) is 0 Å². The van der Waals surface area contributed by atoms with Crippen LogP contribution in [0.5, 0.6) is 0 Å². The highest BCUT2D eigenvalue weighted by Gasteiger charge is 2.45. The summed E-state index contributed by atoms with van der Waals surface area (Å²) in [6.07, 6.45) is 6.44. The van der Waals surface area contributed by atoms with Gasteiger partial charge in [-0.1, -0.05) is 13.8 Å². The van der Waals surface area contributed by atoms with Crippen LogP contribution in [0.1, 0.15) is 40.0 Å². The molecule has 0 amide bonds. The zero-order chi connectivity index (χ0) is 13.2. The van der Waals surface area contributed by atoms with Crippen LogP contribution >= 0.6 is 11.8 Å². The monoisotopic (exact) mass is 270 g/mol. The van der Waals surface area contributed by atoms with Gasteiger partial charge in [0.05, 0.1) is 0 Å². The van der Waals surface area contributed by atoms with Gasteiger partial charge in [-0.2, -0.15) is 11.8 Å². The van der Waals surface area contributed by atoms with Crippen LogP contribution in [0.15, 0.2) is 0 Å². The molecule has 0 aromatic rings. The van der Waals surface area contributed by atoms with Crippen molar-refractivity contribution in [1.29, 1.82) is 0 Å². The second-order valence-corrected chi connectivity index (χ2v) is 7.80. The molecule has 2 rings (SSSR count). The zero-order valence-electron chi connectivity index (χ0n) is 12.5. The molecule has 2 aliphatic rings. The highest BCUT2D eigenvalue weighted by atomic mass is 32.2. The smallest absolute Gasteiger partial charge is 0.0309 e. The molecular formula is C15H30N2S. The summed E-state index contributed by atoms with van der Waals surface area (Å²) >= 11 is 1.98. The first-order valence-corrected chi connectivity index (χ1v) is 8.92. The minimum absolute atomic E-state index is 0.395. The Labute approximate surface area is 117 Å². The van der Waals surface area contributed by atoms with Gasteiger partial charge in [-0.25, -0.2) is 0 Å². The van der Waals surface area contributed by atoms with E-state index in [1.165, 1.54) is 44.6 Å². The van der Waals surface area contributed by atoms with E-state index >= 15 is 0 Å². The van der Waals surface area contributed by atoms with Crippen molar-refractivity contribution in [3.05, 3.63) is 0 Å². The summed E-state index contributed by atoms with van der Waals surface area (Å²) in [5, 5.41) is 3.87. The summed E-state index contributed by atoms with van der Waals surface area (Å²) in [5.41, 5.74) is 0.395. The van der Waals surface area contributed by atoms with Gasteiger partial charge >= 0.3 is 0 Å². The standard InChI is InChI=1S/C15H30N2S/c1-12(2)9-14-10-16-15(3,13-5-6-13)11-17(14)7-8-18-4/h12-14,16H,5-11H2,1-4H3. The van der Waals surface area contributed by atoms with Crippen molar-refractivity contribution >= 4 is 11.8 Å². The molecule has 0 radical (unpaired) electrons. The van der Waals surface area contributed by atoms with Crippen LogP contribution in [0.4, 0.5) is 0 Å². The molecule has 1 heterocycles. The molecular weight excluding hydrogens is 240 g/mol. The first-order chi connectivity index (χ1) is 8.55. The summed E-state index contributed by atoms with van der Waals surface area (Å²) in [5.74, 6) is 3.02. The Kier molecular flexibility index (Phi) is 5.01. The number of nitrogens with zero attached hydrogens (tertiary/aromatic N) is 1. The largest absolute Gasteiger partial charge is 0.308 e. The lowest BCUT2D eigenvalue weighted by molar-refractivity contribution is 0.0701. The first-order valence-electron chi connectivity index (χ1n) is 7.53. The van der Waals surface area contributed by atoms with Crippen molar-refractivity contribution in [2.75, 3.05) is 31.6 Å². The van der Waals surface area contributed by atoms with Crippen molar-refractivity contribution in [2.45, 2.75) is 51.6 Å². The lowest BCUT2D eigenvalue weighted by Crippen LogP contribution is -2.64. The van der Waals surface area contributed by atoms with Crippen LogP contribution in [0.2, 0.25) is 0 Å². The molecule has 0 spiro atoms. The van der Waals surface area contributed by atoms with Gasteiger partial charge in [0.25, 0.3) is 0 Å². The molecule has 2 nitrogen and oxygen atoms in total. The van der Waals surface area contributed by atoms with Gasteiger partial charge in [-0.15, -0.1) is 0 Å². The van der Waals surface area contributed by atoms with E-state index < -0.39 is 0 Å². The summed E-state index contributed by atoms with van der Waals surface area (Å²) in [6.45, 7) is 10.9. The van der Waals surface area contributed by atoms with Gasteiger partial charge in [0, 0.05) is 37.0 Å². The molecule has 1 aliphatic heterocycles. The number of rotatable bonds is 6. The Balaban J connectivity index is 1.95. The SMILES string of the molecule is CSCCN1CC(C)(C2CC2)NCC1CC(C)C. The van der Waals surface area contributed by atoms with E-state index in [4.69, 9.17) is 0 Å². The topological polar surface area (TPSA) is 15.3 Å². The third-order valence-corrected chi connectivity index (χ3v) is 5.18. The second kappa shape index (κ2) is 6.15. The van der Waals surface area contributed by atoms with Crippen LogP contribution in [-0.4, -0.2) is 48.1 Å². The molecule has 106 valence electrons. The predicted octanol–water partition coefficient (Wildman–Crippen LogP) is 2.84. The molecule has 18 heavy (non-hydrogen) atoms. The fraction of sp³-hybridized carbons (Fsp3) is 1.00. The third kappa shape index (κ3) is 3.64. The van der Waals surface area contributed by atoms with Crippen LogP contribution in [0, 0.1) is 11.8 Å². The number of hydrogen-bond acceptors (Lipinski definition) is 3. The maximum Gasteiger partial charge on any atom is 0.0309 e. The van der Waals surface area contributed by atoms with Crippen molar-refractivity contribution in [1.82, 2.24) is 10.2 Å². The average molecular weight is 270 g/mol. The fourth-order valence-corrected chi connectivity index (χ4v) is 3.74. The quantitative estimate of drug-likeness (QED) is 0.799. The van der Waals surface area contributed by atoms with Crippen LogP contribution in [0.3, 0.4) is 0 Å². The maximum atomic E-state index is 3.87. The van der Waals surface area contributed by atoms with E-state index in [9.17, 15) is 0 Å². The number of nitrogens with one attached hydrogen (secondary N) is 1. The predicted molar refractivity (Wildman–Crippen MR) is 82.3 cm³/mol. The molecule has 2 fully saturated rings. The molecule has 1 saturated carbocycles. The Morgan fingerprint density at radius 1 is 1.39 bits per heavy atom. The highest BCUT2D eigenvalue weighted by Crippen LogP contribution is 2.41. The third-order valence-electron chi connectivity index (χ3n) is 4.59. The zero-order valence-corrected chi connectivity index (χ0v) is 13.4. The van der Waals surface area contributed by atoms with Gasteiger partial charge in [-0.3, -0.25) is 4.90 Å². The molecule has 2 unspecified atom stereocenters. The molecule has 3 heteroatoms. The van der Waals surface area contributed by atoms with Crippen LogP contribution < -0.4 is 5.32 Å². The van der Waals surface area contributed by atoms with Crippen molar-refractivity contribution in [3.8, 4) is 0 Å². The van der Waals surface area contributed by atoms with Crippen LogP contribution in [0.25, 0.3) is 0 Å². The van der Waals surface area contributed by atoms with Gasteiger partial charge in [-0.05, 0) is 44.3 Å². The summed E-state index contributed by atoms with van der Waals surface area (Å²) in [6, 6.07) is 0.754. The summed E-state index contributed by atoms with van der Waals surface area (Å²) in [4.78, 5) is 2.77. The fourth-order valence-electron chi connectivity index (χ4n) is 3.33. The van der Waals surface area contributed by atoms with Crippen molar-refractivity contribution in [2.24, 2.45) is 11.8 Å². The molecule has 0 aromatic carbocycles. The molecule has 1 N–H and O–H groups in total. The molecule has 2 atom stereocenters. The van der Waals surface area contributed by atoms with E-state index in [-0.39, 0.29) is 0 Å². The van der Waals surface area contributed by atoms with Gasteiger partial charge in [0.1, 0.15) is 0 Å². The van der Waals surface area contributed by atoms with Gasteiger partial charge in [0.2, 0.25) is 0 Å². The number of thioether (sulfide) groups is 1. The molecule has 0 bridgehead atoms. The number of piperazine rings is 1. The molecule has 1 aliphatic carbocycles. The highest BCUT2D eigenvalue weighted by molar-refractivity contribution is 7.98. The lowest BCUT2D eigenvalue weighted by atomic mass is 9.89. The van der Waals surface area contributed by atoms with Crippen molar-refractivity contribution < 1.29 is 0 Å². The Morgan fingerprint density at radius 2 is 2.11 bits per heavy atom. The van der Waals surface area contributed by atoms with Gasteiger partial charge < -0.3 is 5.32 Å². The second-order valence-electron chi connectivity index (χ2n) is 6.82. The Hall–Kier alpha value is 0.270. The normalized spacial score (nSPS) is 34.2. The molecule has 1 saturated heterocycles. The van der Waals surface area contributed by atoms with Gasteiger partial charge in [0.15, 0.2) is 0 Å². The van der Waals surface area contributed by atoms with E-state index in [0.29, 0.717) is 5.54 Å². The van der Waals surface area contributed by atoms with Crippen molar-refractivity contribution in [3.63, 3.8) is 0 Å². The summed E-state index contributed by atoms with van der Waals surface area (Å²) in [7, 11) is 0. The molecule has 0 aromatic heterocycles. The van der Waals surface area contributed by atoms with Crippen LogP contribution in [-0.2, 0) is 0 Å². The summed E-state index contributed by atoms with van der Waals surface area (Å²) < 4.78 is 0. The minimum atomic E-state index is 0.395. The number of hydrogen-bond donors (Lipinski definition) is 1. The maximum absolute atomic E-state index is 3.87. The first kappa shape index (κ1) is 14.7. The lowest BCUT2D eigenvalue weighted by Gasteiger charge is -2.47. The van der Waals surface area contributed by atoms with E-state index in [0.717, 1.165) is 17.9 Å². The average Bonchev–Trinajstić information content (AvgIpc) is 3.13. The minimum Gasteiger partial charge on any atom is -0.308 e. The Morgan fingerprint density at radius 3 is 2.67 bits per heavy atom.